The Morgan fingerprint density at radius 2 is 2.05 bits per heavy atom. The fourth-order valence-corrected chi connectivity index (χ4v) is 2.30. The monoisotopic (exact) mass is 293 g/mol. The van der Waals surface area contributed by atoms with Crippen LogP contribution in [-0.4, -0.2) is 21.7 Å². The van der Waals surface area contributed by atoms with Gasteiger partial charge in [-0.05, 0) is 36.8 Å². The first-order chi connectivity index (χ1) is 10.6. The lowest BCUT2D eigenvalue weighted by Crippen LogP contribution is -2.14. The third-order valence-electron chi connectivity index (χ3n) is 3.40. The second-order valence-electron chi connectivity index (χ2n) is 5.12. The number of imidazole rings is 1. The van der Waals surface area contributed by atoms with Gasteiger partial charge in [0.2, 0.25) is 5.91 Å². The molecule has 3 aromatic rings. The predicted molar refractivity (Wildman–Crippen MR) is 84.9 cm³/mol. The number of nitrogens with zero attached hydrogens (tertiary/aromatic N) is 1. The Kier molecular flexibility index (Phi) is 3.70. The number of aromatic nitrogens is 2. The normalized spacial score (nSPS) is 10.6. The third kappa shape index (κ3) is 3.03. The number of carbonyl (C=O) groups excluding carboxylic acids is 2. The van der Waals surface area contributed by atoms with Crippen LogP contribution in [0.5, 0.6) is 0 Å². The molecule has 1 aromatic heterocycles. The maximum absolute atomic E-state index is 12.1. The highest BCUT2D eigenvalue weighted by Crippen LogP contribution is 2.14. The lowest BCUT2D eigenvalue weighted by Gasteiger charge is -2.06. The van der Waals surface area contributed by atoms with Crippen LogP contribution in [0.15, 0.2) is 48.8 Å². The van der Waals surface area contributed by atoms with Crippen molar-refractivity contribution in [3.63, 3.8) is 0 Å². The van der Waals surface area contributed by atoms with Gasteiger partial charge in [-0.15, -0.1) is 0 Å². The number of ketones is 1. The quantitative estimate of drug-likeness (QED) is 0.726. The largest absolute Gasteiger partial charge is 0.345 e. The van der Waals surface area contributed by atoms with Crippen LogP contribution in [0.1, 0.15) is 22.8 Å². The van der Waals surface area contributed by atoms with E-state index in [1.165, 1.54) is 6.92 Å². The van der Waals surface area contributed by atoms with Gasteiger partial charge in [0.05, 0.1) is 23.8 Å². The zero-order valence-corrected chi connectivity index (χ0v) is 12.1. The van der Waals surface area contributed by atoms with Crippen LogP contribution in [0.25, 0.3) is 11.0 Å². The molecule has 3 rings (SSSR count). The second kappa shape index (κ2) is 5.81. The van der Waals surface area contributed by atoms with Crippen molar-refractivity contribution in [3.8, 4) is 0 Å². The number of benzene rings is 2. The lowest BCUT2D eigenvalue weighted by molar-refractivity contribution is -0.115. The van der Waals surface area contributed by atoms with E-state index in [0.717, 1.165) is 16.6 Å². The van der Waals surface area contributed by atoms with E-state index in [2.05, 4.69) is 15.3 Å². The number of aromatic amines is 1. The number of rotatable bonds is 4. The minimum atomic E-state index is -0.125. The number of carbonyl (C=O) groups is 2. The molecular formula is C17H15N3O2. The molecule has 1 heterocycles. The number of nitrogens with one attached hydrogen (secondary N) is 2. The van der Waals surface area contributed by atoms with Gasteiger partial charge in [0, 0.05) is 11.3 Å². The summed E-state index contributed by atoms with van der Waals surface area (Å²) in [5.74, 6) is -0.152. The van der Waals surface area contributed by atoms with Crippen LogP contribution in [0.3, 0.4) is 0 Å². The van der Waals surface area contributed by atoms with Crippen molar-refractivity contribution in [2.45, 2.75) is 13.3 Å². The molecule has 0 radical (unpaired) electrons. The van der Waals surface area contributed by atoms with E-state index in [0.29, 0.717) is 11.3 Å². The molecule has 0 fully saturated rings. The lowest BCUT2D eigenvalue weighted by atomic mass is 10.1. The first-order valence-corrected chi connectivity index (χ1v) is 6.95. The molecular weight excluding hydrogens is 278 g/mol. The number of fused-ring (bicyclic) bond motifs is 1. The smallest absolute Gasteiger partial charge is 0.228 e. The van der Waals surface area contributed by atoms with Crippen LogP contribution < -0.4 is 5.32 Å². The highest BCUT2D eigenvalue weighted by molar-refractivity contribution is 5.97. The minimum Gasteiger partial charge on any atom is -0.345 e. The SMILES string of the molecule is CC(=O)c1cccc(NC(=O)Cc2ccc3nc[nH]c3c2)c1. The Bertz CT molecular complexity index is 852. The van der Waals surface area contributed by atoms with Gasteiger partial charge in [-0.2, -0.15) is 0 Å². The molecule has 1 amide bonds. The van der Waals surface area contributed by atoms with Gasteiger partial charge in [-0.1, -0.05) is 18.2 Å². The maximum atomic E-state index is 12.1. The highest BCUT2D eigenvalue weighted by Gasteiger charge is 2.07. The summed E-state index contributed by atoms with van der Waals surface area (Å²) in [6, 6.07) is 12.6. The van der Waals surface area contributed by atoms with Gasteiger partial charge in [0.1, 0.15) is 0 Å². The van der Waals surface area contributed by atoms with Gasteiger partial charge >= 0.3 is 0 Å². The van der Waals surface area contributed by atoms with Gasteiger partial charge in [0.15, 0.2) is 5.78 Å². The fourth-order valence-electron chi connectivity index (χ4n) is 2.30. The van der Waals surface area contributed by atoms with Gasteiger partial charge in [0.25, 0.3) is 0 Å². The van der Waals surface area contributed by atoms with E-state index in [4.69, 9.17) is 0 Å². The summed E-state index contributed by atoms with van der Waals surface area (Å²) in [7, 11) is 0. The molecule has 0 bridgehead atoms. The predicted octanol–water partition coefficient (Wildman–Crippen LogP) is 2.95. The van der Waals surface area contributed by atoms with Crippen molar-refractivity contribution in [2.75, 3.05) is 5.32 Å². The van der Waals surface area contributed by atoms with E-state index in [1.807, 2.05) is 18.2 Å². The first kappa shape index (κ1) is 14.0. The maximum Gasteiger partial charge on any atom is 0.228 e. The molecule has 5 heteroatoms. The molecule has 5 nitrogen and oxygen atoms in total. The van der Waals surface area contributed by atoms with Crippen LogP contribution in [0.4, 0.5) is 5.69 Å². The minimum absolute atomic E-state index is 0.0270. The molecule has 2 N–H and O–H groups in total. The van der Waals surface area contributed by atoms with Crippen molar-refractivity contribution in [1.82, 2.24) is 9.97 Å². The molecule has 0 saturated carbocycles. The van der Waals surface area contributed by atoms with Crippen molar-refractivity contribution in [2.24, 2.45) is 0 Å². The summed E-state index contributed by atoms with van der Waals surface area (Å²) in [5.41, 5.74) is 3.89. The number of amides is 1. The van der Waals surface area contributed by atoms with Crippen LogP contribution in [0, 0.1) is 0 Å². The molecule has 2 aromatic carbocycles. The Morgan fingerprint density at radius 1 is 1.18 bits per heavy atom. The molecule has 0 saturated heterocycles. The van der Waals surface area contributed by atoms with Crippen LogP contribution in [0.2, 0.25) is 0 Å². The van der Waals surface area contributed by atoms with E-state index in [-0.39, 0.29) is 18.1 Å². The Hall–Kier alpha value is -2.95. The Morgan fingerprint density at radius 3 is 2.86 bits per heavy atom. The fraction of sp³-hybridized carbons (Fsp3) is 0.118. The summed E-state index contributed by atoms with van der Waals surface area (Å²) < 4.78 is 0. The number of Topliss-reactive ketones (excluding diaryl/α,β-unsaturated/α-hetero) is 1. The molecule has 110 valence electrons. The van der Waals surface area contributed by atoms with E-state index < -0.39 is 0 Å². The summed E-state index contributed by atoms with van der Waals surface area (Å²) in [6.45, 7) is 1.50. The van der Waals surface area contributed by atoms with Crippen LogP contribution in [-0.2, 0) is 11.2 Å². The molecule has 0 aliphatic heterocycles. The number of H-pyrrole nitrogens is 1. The van der Waals surface area contributed by atoms with Crippen molar-refractivity contribution < 1.29 is 9.59 Å². The number of anilines is 1. The van der Waals surface area contributed by atoms with Gasteiger partial charge in [-0.3, -0.25) is 9.59 Å². The van der Waals surface area contributed by atoms with E-state index >= 15 is 0 Å². The molecule has 0 spiro atoms. The van der Waals surface area contributed by atoms with Crippen molar-refractivity contribution in [1.29, 1.82) is 0 Å². The second-order valence-corrected chi connectivity index (χ2v) is 5.12. The van der Waals surface area contributed by atoms with Crippen molar-refractivity contribution in [3.05, 3.63) is 59.9 Å². The zero-order valence-electron chi connectivity index (χ0n) is 12.1. The molecule has 0 aliphatic rings. The molecule has 22 heavy (non-hydrogen) atoms. The van der Waals surface area contributed by atoms with Crippen molar-refractivity contribution >= 4 is 28.4 Å². The summed E-state index contributed by atoms with van der Waals surface area (Å²) >= 11 is 0. The summed E-state index contributed by atoms with van der Waals surface area (Å²) in [5, 5.41) is 2.81. The average molecular weight is 293 g/mol. The topological polar surface area (TPSA) is 74.8 Å². The molecule has 0 unspecified atom stereocenters. The average Bonchev–Trinajstić information content (AvgIpc) is 2.95. The zero-order chi connectivity index (χ0) is 15.5. The standard InChI is InChI=1S/C17H15N3O2/c1-11(21)13-3-2-4-14(9-13)20-17(22)8-12-5-6-15-16(7-12)19-10-18-15/h2-7,9-10H,8H2,1H3,(H,18,19)(H,20,22). The number of hydrogen-bond acceptors (Lipinski definition) is 3. The molecule has 0 aliphatic carbocycles. The number of hydrogen-bond donors (Lipinski definition) is 2. The van der Waals surface area contributed by atoms with E-state index in [9.17, 15) is 9.59 Å². The van der Waals surface area contributed by atoms with Gasteiger partial charge < -0.3 is 10.3 Å². The molecule has 0 atom stereocenters. The van der Waals surface area contributed by atoms with Gasteiger partial charge in [-0.25, -0.2) is 4.98 Å². The first-order valence-electron chi connectivity index (χ1n) is 6.95. The highest BCUT2D eigenvalue weighted by atomic mass is 16.1. The summed E-state index contributed by atoms with van der Waals surface area (Å²) in [4.78, 5) is 30.6. The van der Waals surface area contributed by atoms with Crippen LogP contribution >= 0.6 is 0 Å². The third-order valence-corrected chi connectivity index (χ3v) is 3.40. The summed E-state index contributed by atoms with van der Waals surface area (Å²) in [6.07, 6.45) is 1.89. The van der Waals surface area contributed by atoms with E-state index in [1.54, 1.807) is 30.6 Å². The Labute approximate surface area is 127 Å². The Balaban J connectivity index is 1.71.